The number of urea groups is 1. The number of ether oxygens (including phenoxy) is 1. The molecule has 8 heteroatoms. The molecule has 0 spiro atoms. The van der Waals surface area contributed by atoms with Gasteiger partial charge in [0.25, 0.3) is 0 Å². The molecule has 4 nitrogen and oxygen atoms in total. The van der Waals surface area contributed by atoms with E-state index in [2.05, 4.69) is 5.32 Å². The lowest BCUT2D eigenvalue weighted by molar-refractivity contribution is -0.138. The lowest BCUT2D eigenvalue weighted by Crippen LogP contribution is -2.58. The summed E-state index contributed by atoms with van der Waals surface area (Å²) in [5.41, 5.74) is 0.244. The van der Waals surface area contributed by atoms with Gasteiger partial charge in [-0.25, -0.2) is 4.79 Å². The van der Waals surface area contributed by atoms with Crippen molar-refractivity contribution in [3.63, 3.8) is 0 Å². The number of carbonyl (C=O) groups is 1. The molecule has 1 saturated heterocycles. The standard InChI is InChI=1S/C22H24ClF3N2O2/c1-2-11-27-21(29)28-13-18(14-28)30-20(15-7-9-17(23)10-8-15)12-16-5-3-4-6-19(16)22(24,25)26/h3-10,18,20H,2,11-14H2,1H3,(H,27,29). The number of benzene rings is 2. The minimum atomic E-state index is -4.44. The van der Waals surface area contributed by atoms with Crippen molar-refractivity contribution in [2.75, 3.05) is 19.6 Å². The molecule has 2 amide bonds. The van der Waals surface area contributed by atoms with Crippen molar-refractivity contribution >= 4 is 17.6 Å². The van der Waals surface area contributed by atoms with Crippen LogP contribution in [0.5, 0.6) is 0 Å². The zero-order chi connectivity index (χ0) is 21.7. The van der Waals surface area contributed by atoms with E-state index in [1.165, 1.54) is 12.1 Å². The molecule has 3 rings (SSSR count). The molecule has 0 radical (unpaired) electrons. The number of hydrogen-bond acceptors (Lipinski definition) is 2. The molecular formula is C22H24ClF3N2O2. The van der Waals surface area contributed by atoms with E-state index >= 15 is 0 Å². The van der Waals surface area contributed by atoms with Crippen molar-refractivity contribution < 1.29 is 22.7 Å². The Balaban J connectivity index is 1.74. The predicted molar refractivity (Wildman–Crippen MR) is 109 cm³/mol. The molecule has 2 aromatic carbocycles. The first-order valence-electron chi connectivity index (χ1n) is 9.86. The van der Waals surface area contributed by atoms with Crippen LogP contribution in [-0.4, -0.2) is 36.7 Å². The number of halogens is 4. The first-order valence-corrected chi connectivity index (χ1v) is 10.2. The second-order valence-corrected chi connectivity index (χ2v) is 7.73. The molecule has 30 heavy (non-hydrogen) atoms. The Morgan fingerprint density at radius 2 is 1.87 bits per heavy atom. The van der Waals surface area contributed by atoms with Gasteiger partial charge in [0.15, 0.2) is 0 Å². The summed E-state index contributed by atoms with van der Waals surface area (Å²) in [5.74, 6) is 0. The highest BCUT2D eigenvalue weighted by atomic mass is 35.5. The van der Waals surface area contributed by atoms with Crippen molar-refractivity contribution in [2.45, 2.75) is 38.1 Å². The Kier molecular flexibility index (Phi) is 7.26. The summed E-state index contributed by atoms with van der Waals surface area (Å²) in [6.07, 6.45) is -4.36. The van der Waals surface area contributed by atoms with Crippen LogP contribution in [-0.2, 0) is 17.3 Å². The predicted octanol–water partition coefficient (Wildman–Crippen LogP) is 5.46. The Labute approximate surface area is 179 Å². The summed E-state index contributed by atoms with van der Waals surface area (Å²) >= 11 is 5.96. The minimum Gasteiger partial charge on any atom is -0.366 e. The topological polar surface area (TPSA) is 41.6 Å². The van der Waals surface area contributed by atoms with E-state index in [0.29, 0.717) is 24.7 Å². The van der Waals surface area contributed by atoms with E-state index in [-0.39, 0.29) is 24.1 Å². The Morgan fingerprint density at radius 3 is 2.50 bits per heavy atom. The molecule has 2 aromatic rings. The van der Waals surface area contributed by atoms with Gasteiger partial charge in [0.05, 0.1) is 30.9 Å². The fourth-order valence-electron chi connectivity index (χ4n) is 3.36. The number of nitrogens with one attached hydrogen (secondary N) is 1. The molecule has 0 aliphatic carbocycles. The van der Waals surface area contributed by atoms with Gasteiger partial charge in [-0.2, -0.15) is 13.2 Å². The van der Waals surface area contributed by atoms with E-state index in [1.807, 2.05) is 6.92 Å². The molecule has 1 aliphatic heterocycles. The number of carbonyl (C=O) groups excluding carboxylic acids is 1. The van der Waals surface area contributed by atoms with Crippen LogP contribution in [0.25, 0.3) is 0 Å². The lowest BCUT2D eigenvalue weighted by atomic mass is 9.96. The highest BCUT2D eigenvalue weighted by Crippen LogP contribution is 2.35. The minimum absolute atomic E-state index is 0.0653. The molecule has 1 fully saturated rings. The molecule has 1 atom stereocenters. The van der Waals surface area contributed by atoms with Crippen molar-refractivity contribution in [2.24, 2.45) is 0 Å². The number of nitrogens with zero attached hydrogens (tertiary/aromatic N) is 1. The van der Waals surface area contributed by atoms with Crippen molar-refractivity contribution in [1.29, 1.82) is 0 Å². The fraction of sp³-hybridized carbons (Fsp3) is 0.409. The normalized spacial score (nSPS) is 15.6. The van der Waals surface area contributed by atoms with Gasteiger partial charge >= 0.3 is 12.2 Å². The van der Waals surface area contributed by atoms with Crippen LogP contribution < -0.4 is 5.32 Å². The fourth-order valence-corrected chi connectivity index (χ4v) is 3.49. The largest absolute Gasteiger partial charge is 0.416 e. The number of likely N-dealkylation sites (tertiary alicyclic amines) is 1. The summed E-state index contributed by atoms with van der Waals surface area (Å²) in [6.45, 7) is 3.38. The smallest absolute Gasteiger partial charge is 0.366 e. The Morgan fingerprint density at radius 1 is 1.20 bits per heavy atom. The van der Waals surface area contributed by atoms with Crippen LogP contribution in [0, 0.1) is 0 Å². The van der Waals surface area contributed by atoms with E-state index in [0.717, 1.165) is 18.1 Å². The summed E-state index contributed by atoms with van der Waals surface area (Å²) in [5, 5.41) is 3.34. The summed E-state index contributed by atoms with van der Waals surface area (Å²) in [4.78, 5) is 13.6. The summed E-state index contributed by atoms with van der Waals surface area (Å²) in [6, 6.07) is 12.3. The van der Waals surface area contributed by atoms with Crippen LogP contribution >= 0.6 is 11.6 Å². The van der Waals surface area contributed by atoms with Gasteiger partial charge in [0.1, 0.15) is 0 Å². The zero-order valence-electron chi connectivity index (χ0n) is 16.6. The van der Waals surface area contributed by atoms with Gasteiger partial charge in [0, 0.05) is 18.0 Å². The lowest BCUT2D eigenvalue weighted by Gasteiger charge is -2.40. The summed E-state index contributed by atoms with van der Waals surface area (Å²) in [7, 11) is 0. The molecular weight excluding hydrogens is 417 g/mol. The average molecular weight is 441 g/mol. The third-order valence-corrected chi connectivity index (χ3v) is 5.24. The van der Waals surface area contributed by atoms with Crippen molar-refractivity contribution in [1.82, 2.24) is 10.2 Å². The third-order valence-electron chi connectivity index (χ3n) is 4.99. The van der Waals surface area contributed by atoms with E-state index in [9.17, 15) is 18.0 Å². The highest BCUT2D eigenvalue weighted by Gasteiger charge is 2.36. The van der Waals surface area contributed by atoms with Gasteiger partial charge in [0.2, 0.25) is 0 Å². The highest BCUT2D eigenvalue weighted by molar-refractivity contribution is 6.30. The molecule has 1 aliphatic rings. The van der Waals surface area contributed by atoms with Crippen LogP contribution in [0.1, 0.15) is 36.1 Å². The molecule has 0 saturated carbocycles. The summed E-state index contributed by atoms with van der Waals surface area (Å²) < 4.78 is 46.4. The van der Waals surface area contributed by atoms with Gasteiger partial charge < -0.3 is 15.0 Å². The first kappa shape index (κ1) is 22.4. The van der Waals surface area contributed by atoms with Crippen LogP contribution in [0.2, 0.25) is 5.02 Å². The monoisotopic (exact) mass is 440 g/mol. The average Bonchev–Trinajstić information content (AvgIpc) is 2.68. The zero-order valence-corrected chi connectivity index (χ0v) is 17.3. The number of hydrogen-bond donors (Lipinski definition) is 1. The van der Waals surface area contributed by atoms with E-state index < -0.39 is 17.8 Å². The molecule has 1 N–H and O–H groups in total. The Hall–Kier alpha value is -2.25. The number of amides is 2. The number of alkyl halides is 3. The molecule has 162 valence electrons. The second kappa shape index (κ2) is 9.71. The Bertz CT molecular complexity index is 852. The van der Waals surface area contributed by atoms with Crippen LogP contribution in [0.15, 0.2) is 48.5 Å². The maximum atomic E-state index is 13.4. The van der Waals surface area contributed by atoms with Gasteiger partial charge in [-0.1, -0.05) is 48.9 Å². The molecule has 0 bridgehead atoms. The molecule has 1 heterocycles. The van der Waals surface area contributed by atoms with E-state index in [4.69, 9.17) is 16.3 Å². The van der Waals surface area contributed by atoms with Gasteiger partial charge in [-0.3, -0.25) is 0 Å². The quantitative estimate of drug-likeness (QED) is 0.621. The SMILES string of the molecule is CCCNC(=O)N1CC(OC(Cc2ccccc2C(F)(F)F)c2ccc(Cl)cc2)C1. The third kappa shape index (κ3) is 5.67. The maximum Gasteiger partial charge on any atom is 0.416 e. The van der Waals surface area contributed by atoms with Crippen molar-refractivity contribution in [3.8, 4) is 0 Å². The van der Waals surface area contributed by atoms with E-state index in [1.54, 1.807) is 35.2 Å². The second-order valence-electron chi connectivity index (χ2n) is 7.29. The van der Waals surface area contributed by atoms with Gasteiger partial charge in [-0.05, 0) is 35.7 Å². The molecule has 1 unspecified atom stereocenters. The number of rotatable bonds is 7. The van der Waals surface area contributed by atoms with Gasteiger partial charge in [-0.15, -0.1) is 0 Å². The first-order chi connectivity index (χ1) is 14.3. The van der Waals surface area contributed by atoms with Crippen molar-refractivity contribution in [3.05, 3.63) is 70.2 Å². The van der Waals surface area contributed by atoms with Crippen LogP contribution in [0.4, 0.5) is 18.0 Å². The molecule has 0 aromatic heterocycles. The maximum absolute atomic E-state index is 13.4. The van der Waals surface area contributed by atoms with Crippen LogP contribution in [0.3, 0.4) is 0 Å².